The van der Waals surface area contributed by atoms with Gasteiger partial charge in [0.1, 0.15) is 17.5 Å². The zero-order valence-corrected chi connectivity index (χ0v) is 26.6. The number of fused-ring (bicyclic) bond motifs is 2. The van der Waals surface area contributed by atoms with Gasteiger partial charge >= 0.3 is 5.97 Å². The van der Waals surface area contributed by atoms with Crippen LogP contribution in [-0.4, -0.2) is 112 Å². The van der Waals surface area contributed by atoms with E-state index in [-0.39, 0.29) is 61.3 Å². The first-order valence-corrected chi connectivity index (χ1v) is 16.9. The van der Waals surface area contributed by atoms with Crippen molar-refractivity contribution >= 4 is 11.8 Å². The average molecular weight is 639 g/mol. The lowest BCUT2D eigenvalue weighted by Gasteiger charge is -2.60. The molecule has 5 rings (SSSR count). The number of carbonyl (C=O) groups is 2. The number of ketones is 1. The van der Waals surface area contributed by atoms with Gasteiger partial charge in [0.15, 0.2) is 0 Å². The fourth-order valence-electron chi connectivity index (χ4n) is 9.06. The maximum atomic E-state index is 13.5. The number of aliphatic hydroxyl groups is 5. The number of nitrogens with two attached hydrogens (primary N) is 1. The van der Waals surface area contributed by atoms with Crippen molar-refractivity contribution in [3.63, 3.8) is 0 Å². The third-order valence-corrected chi connectivity index (χ3v) is 11.7. The summed E-state index contributed by atoms with van der Waals surface area (Å²) in [7, 11) is 0. The molecule has 14 atom stereocenters. The summed E-state index contributed by atoms with van der Waals surface area (Å²) >= 11 is 0. The van der Waals surface area contributed by atoms with Gasteiger partial charge in [0.2, 0.25) is 0 Å². The number of esters is 1. The molecular weight excluding hydrogens is 584 g/mol. The highest BCUT2D eigenvalue weighted by Crippen LogP contribution is 2.54. The molecule has 0 aromatic carbocycles. The fourth-order valence-corrected chi connectivity index (χ4v) is 9.06. The number of ether oxygens (including phenoxy) is 3. The van der Waals surface area contributed by atoms with Gasteiger partial charge in [-0.15, -0.1) is 0 Å². The summed E-state index contributed by atoms with van der Waals surface area (Å²) in [5, 5.41) is 56.5. The Morgan fingerprint density at radius 2 is 1.93 bits per heavy atom. The molecule has 3 aliphatic heterocycles. The maximum absolute atomic E-state index is 13.5. The average Bonchev–Trinajstić information content (AvgIpc) is 3.02. The van der Waals surface area contributed by atoms with Crippen LogP contribution in [0.25, 0.3) is 0 Å². The first-order valence-electron chi connectivity index (χ1n) is 16.9. The molecule has 256 valence electrons. The monoisotopic (exact) mass is 638 g/mol. The summed E-state index contributed by atoms with van der Waals surface area (Å²) in [6.45, 7) is 3.12. The second kappa shape index (κ2) is 14.7. The number of carbonyl (C=O) groups excluding carboxylic acids is 2. The van der Waals surface area contributed by atoms with E-state index in [4.69, 9.17) is 19.9 Å². The number of hydrogen-bond donors (Lipinski definition) is 7. The maximum Gasteiger partial charge on any atom is 0.336 e. The molecule has 0 bridgehead atoms. The smallest absolute Gasteiger partial charge is 0.336 e. The van der Waals surface area contributed by atoms with E-state index < -0.39 is 72.6 Å². The molecule has 2 saturated carbocycles. The number of piperidine rings is 1. The van der Waals surface area contributed by atoms with E-state index in [2.05, 4.69) is 5.32 Å². The largest absolute Gasteiger partial charge is 0.456 e. The van der Waals surface area contributed by atoms with Crippen molar-refractivity contribution in [1.29, 1.82) is 0 Å². The molecule has 0 spiro atoms. The molecule has 2 aliphatic carbocycles. The van der Waals surface area contributed by atoms with Crippen molar-refractivity contribution < 1.29 is 49.3 Å². The van der Waals surface area contributed by atoms with E-state index in [1.807, 2.05) is 6.92 Å². The van der Waals surface area contributed by atoms with Gasteiger partial charge in [-0.3, -0.25) is 4.79 Å². The Balaban J connectivity index is 1.53. The minimum Gasteiger partial charge on any atom is -0.456 e. The van der Waals surface area contributed by atoms with Gasteiger partial charge in [0.05, 0.1) is 61.4 Å². The molecular formula is C33H54N2O10. The summed E-state index contributed by atoms with van der Waals surface area (Å²) in [5.41, 5.74) is 4.97. The van der Waals surface area contributed by atoms with Gasteiger partial charge < -0.3 is 50.8 Å². The molecule has 45 heavy (non-hydrogen) atoms. The predicted molar refractivity (Wildman–Crippen MR) is 162 cm³/mol. The van der Waals surface area contributed by atoms with Gasteiger partial charge in [-0.1, -0.05) is 12.5 Å². The Bertz CT molecular complexity index is 1070. The number of hydrogen-bond acceptors (Lipinski definition) is 12. The van der Waals surface area contributed by atoms with Crippen LogP contribution in [0.1, 0.15) is 71.6 Å². The van der Waals surface area contributed by atoms with Crippen molar-refractivity contribution in [2.75, 3.05) is 26.4 Å². The van der Waals surface area contributed by atoms with Gasteiger partial charge in [0.25, 0.3) is 0 Å². The number of Topliss-reactive ketones (excluding diaryl/α,β-unsaturated/α-hetero) is 1. The van der Waals surface area contributed by atoms with Crippen molar-refractivity contribution in [3.05, 3.63) is 11.6 Å². The number of allylic oxidation sites excluding steroid dienone is 1. The van der Waals surface area contributed by atoms with Gasteiger partial charge in [0, 0.05) is 30.8 Å². The summed E-state index contributed by atoms with van der Waals surface area (Å²) in [4.78, 5) is 26.8. The lowest BCUT2D eigenvalue weighted by atomic mass is 9.57. The van der Waals surface area contributed by atoms with Crippen LogP contribution in [0.4, 0.5) is 0 Å². The Labute approximate surface area is 265 Å². The number of nitrogens with one attached hydrogen (secondary N) is 1. The quantitative estimate of drug-likeness (QED) is 0.133. The molecule has 3 heterocycles. The van der Waals surface area contributed by atoms with E-state index in [1.165, 1.54) is 6.08 Å². The van der Waals surface area contributed by atoms with E-state index in [0.717, 1.165) is 25.7 Å². The number of aliphatic hydroxyl groups excluding tert-OH is 5. The summed E-state index contributed by atoms with van der Waals surface area (Å²) in [6.07, 6.45) is 2.09. The van der Waals surface area contributed by atoms with Crippen LogP contribution < -0.4 is 11.1 Å². The molecule has 0 amide bonds. The predicted octanol–water partition coefficient (Wildman–Crippen LogP) is 0.161. The van der Waals surface area contributed by atoms with E-state index in [9.17, 15) is 35.1 Å². The molecule has 14 unspecified atom stereocenters. The molecule has 3 saturated heterocycles. The SMILES string of the molecule is CC=C(CO)C(=O)OC1CC2C(O)C3C(=O)CC(CO)OC3C(C3CCCC(O)C3)C2OC1(C)C(CO)CC1CCC(N)NC1. The highest BCUT2D eigenvalue weighted by Gasteiger charge is 2.64. The zero-order chi connectivity index (χ0) is 32.5. The van der Waals surface area contributed by atoms with Crippen LogP contribution in [-0.2, 0) is 23.8 Å². The standard InChI is InChI=1S/C33H54N2O10/c1-3-18(14-36)32(42)44-25-12-23-29(41)28-24(40)11-22(16-38)43-31(28)27(19-5-4-6-21(39)10-19)30(23)45-33(25,2)20(15-37)9-17-7-8-26(34)35-13-17/h3,17,19-23,25-31,35-39,41H,4-16,34H2,1-2H3. The normalized spacial score (nSPS) is 44.9. The van der Waals surface area contributed by atoms with Crippen LogP contribution in [0, 0.1) is 35.5 Å². The first-order chi connectivity index (χ1) is 21.5. The fraction of sp³-hybridized carbons (Fsp3) is 0.879. The molecule has 12 nitrogen and oxygen atoms in total. The highest BCUT2D eigenvalue weighted by atomic mass is 16.6. The Morgan fingerprint density at radius 3 is 2.56 bits per heavy atom. The second-order valence-corrected chi connectivity index (χ2v) is 14.4. The van der Waals surface area contributed by atoms with Gasteiger partial charge in [-0.2, -0.15) is 0 Å². The Hall–Kier alpha value is -1.48. The number of rotatable bonds is 9. The van der Waals surface area contributed by atoms with Crippen molar-refractivity contribution in [2.24, 2.45) is 41.2 Å². The van der Waals surface area contributed by atoms with Crippen LogP contribution >= 0.6 is 0 Å². The Kier molecular flexibility index (Phi) is 11.4. The third-order valence-electron chi connectivity index (χ3n) is 11.7. The van der Waals surface area contributed by atoms with Crippen molar-refractivity contribution in [1.82, 2.24) is 5.32 Å². The van der Waals surface area contributed by atoms with Crippen LogP contribution in [0.5, 0.6) is 0 Å². The first kappa shape index (κ1) is 34.8. The lowest BCUT2D eigenvalue weighted by molar-refractivity contribution is -0.303. The minimum absolute atomic E-state index is 0.00403. The molecule has 5 aliphatic rings. The summed E-state index contributed by atoms with van der Waals surface area (Å²) < 4.78 is 19.6. The van der Waals surface area contributed by atoms with Crippen LogP contribution in [0.3, 0.4) is 0 Å². The minimum atomic E-state index is -1.19. The van der Waals surface area contributed by atoms with E-state index in [0.29, 0.717) is 25.8 Å². The lowest BCUT2D eigenvalue weighted by Crippen LogP contribution is -2.70. The summed E-state index contributed by atoms with van der Waals surface area (Å²) in [6, 6.07) is 0. The molecule has 12 heteroatoms. The zero-order valence-electron chi connectivity index (χ0n) is 26.6. The van der Waals surface area contributed by atoms with Crippen LogP contribution in [0.2, 0.25) is 0 Å². The van der Waals surface area contributed by atoms with Gasteiger partial charge in [-0.05, 0) is 77.2 Å². The topological polar surface area (TPSA) is 201 Å². The van der Waals surface area contributed by atoms with E-state index >= 15 is 0 Å². The molecule has 0 aromatic heterocycles. The van der Waals surface area contributed by atoms with Crippen molar-refractivity contribution in [2.45, 2.75) is 120 Å². The van der Waals surface area contributed by atoms with Crippen LogP contribution in [0.15, 0.2) is 11.6 Å². The highest BCUT2D eigenvalue weighted by molar-refractivity contribution is 5.88. The molecule has 0 radical (unpaired) electrons. The summed E-state index contributed by atoms with van der Waals surface area (Å²) in [5.74, 6) is -2.97. The Morgan fingerprint density at radius 1 is 1.16 bits per heavy atom. The molecule has 5 fully saturated rings. The van der Waals surface area contributed by atoms with Gasteiger partial charge in [-0.25, -0.2) is 4.79 Å². The molecule has 0 aromatic rings. The van der Waals surface area contributed by atoms with E-state index in [1.54, 1.807) is 6.92 Å². The van der Waals surface area contributed by atoms with Crippen molar-refractivity contribution in [3.8, 4) is 0 Å². The second-order valence-electron chi connectivity index (χ2n) is 14.4. The molecule has 8 N–H and O–H groups in total. The third kappa shape index (κ3) is 7.05.